The third kappa shape index (κ3) is 2.10. The van der Waals surface area contributed by atoms with Gasteiger partial charge in [-0.1, -0.05) is 12.1 Å². The van der Waals surface area contributed by atoms with Crippen molar-refractivity contribution >= 4 is 17.3 Å². The minimum absolute atomic E-state index is 0.219. The van der Waals surface area contributed by atoms with Gasteiger partial charge in [0.25, 0.3) is 0 Å². The first kappa shape index (κ1) is 11.9. The minimum Gasteiger partial charge on any atom is -0.495 e. The van der Waals surface area contributed by atoms with Crippen molar-refractivity contribution in [2.75, 3.05) is 12.4 Å². The van der Waals surface area contributed by atoms with Crippen LogP contribution < -0.4 is 10.1 Å². The zero-order chi connectivity index (χ0) is 13.1. The number of para-hydroxylation sites is 2. The van der Waals surface area contributed by atoms with Crippen LogP contribution in [0.3, 0.4) is 0 Å². The highest BCUT2D eigenvalue weighted by Crippen LogP contribution is 2.30. The van der Waals surface area contributed by atoms with Gasteiger partial charge in [0.05, 0.1) is 12.8 Å². The van der Waals surface area contributed by atoms with E-state index in [0.29, 0.717) is 17.3 Å². The van der Waals surface area contributed by atoms with Gasteiger partial charge in [0.15, 0.2) is 0 Å². The van der Waals surface area contributed by atoms with E-state index in [1.165, 1.54) is 13.4 Å². The van der Waals surface area contributed by atoms with Crippen LogP contribution in [0.4, 0.5) is 17.3 Å². The number of nitrogens with zero attached hydrogens (tertiary/aromatic N) is 3. The molecule has 0 aliphatic heterocycles. The van der Waals surface area contributed by atoms with Crippen molar-refractivity contribution in [2.45, 2.75) is 0 Å². The predicted octanol–water partition coefficient (Wildman–Crippen LogP) is 2.08. The minimum atomic E-state index is -0.530. The van der Waals surface area contributed by atoms with Gasteiger partial charge in [-0.3, -0.25) is 4.57 Å². The summed E-state index contributed by atoms with van der Waals surface area (Å²) in [6.45, 7) is 0. The lowest BCUT2D eigenvalue weighted by molar-refractivity contribution is -0.388. The average molecular weight is 248 g/mol. The zero-order valence-corrected chi connectivity index (χ0v) is 9.95. The maximum absolute atomic E-state index is 10.8. The van der Waals surface area contributed by atoms with Crippen molar-refractivity contribution in [3.8, 4) is 5.75 Å². The van der Waals surface area contributed by atoms with E-state index in [0.717, 1.165) is 0 Å². The topological polar surface area (TPSA) is 82.2 Å². The number of ether oxygens (including phenoxy) is 1. The molecule has 0 aliphatic carbocycles. The fraction of sp³-hybridized carbons (Fsp3) is 0.182. The summed E-state index contributed by atoms with van der Waals surface area (Å²) in [5.41, 5.74) is 0.645. The summed E-state index contributed by atoms with van der Waals surface area (Å²) in [5.74, 6) is 0.695. The largest absolute Gasteiger partial charge is 0.495 e. The maximum Gasteiger partial charge on any atom is 0.406 e. The third-order valence-electron chi connectivity index (χ3n) is 2.45. The van der Waals surface area contributed by atoms with Crippen molar-refractivity contribution in [3.63, 3.8) is 0 Å². The number of rotatable bonds is 4. The predicted molar refractivity (Wildman–Crippen MR) is 66.1 cm³/mol. The molecular formula is C11H12N4O3. The van der Waals surface area contributed by atoms with Gasteiger partial charge in [-0.2, -0.15) is 0 Å². The van der Waals surface area contributed by atoms with Gasteiger partial charge in [-0.15, -0.1) is 0 Å². The van der Waals surface area contributed by atoms with Crippen LogP contribution in [0, 0.1) is 10.1 Å². The molecule has 0 saturated carbocycles. The highest BCUT2D eigenvalue weighted by Gasteiger charge is 2.20. The van der Waals surface area contributed by atoms with E-state index in [2.05, 4.69) is 10.3 Å². The third-order valence-corrected chi connectivity index (χ3v) is 2.45. The van der Waals surface area contributed by atoms with Gasteiger partial charge in [0.1, 0.15) is 5.75 Å². The molecule has 7 nitrogen and oxygen atoms in total. The summed E-state index contributed by atoms with van der Waals surface area (Å²) in [7, 11) is 3.22. The normalized spacial score (nSPS) is 10.1. The number of anilines is 2. The lowest BCUT2D eigenvalue weighted by Crippen LogP contribution is -2.01. The molecule has 2 rings (SSSR count). The Hall–Kier alpha value is -2.57. The number of nitrogens with one attached hydrogen (secondary N) is 1. The number of aromatic nitrogens is 2. The van der Waals surface area contributed by atoms with Crippen molar-refractivity contribution in [1.29, 1.82) is 0 Å². The number of nitro groups is 1. The summed E-state index contributed by atoms with van der Waals surface area (Å²) in [5, 5.41) is 13.8. The van der Waals surface area contributed by atoms with Gasteiger partial charge in [-0.25, -0.2) is 0 Å². The van der Waals surface area contributed by atoms with Gasteiger partial charge in [0, 0.05) is 7.05 Å². The van der Waals surface area contributed by atoms with E-state index in [1.807, 2.05) is 12.1 Å². The molecule has 1 N–H and O–H groups in total. The first-order valence-electron chi connectivity index (χ1n) is 5.19. The molecule has 2 aromatic rings. The van der Waals surface area contributed by atoms with E-state index in [4.69, 9.17) is 4.74 Å². The summed E-state index contributed by atoms with van der Waals surface area (Å²) < 4.78 is 6.72. The number of hydrogen-bond acceptors (Lipinski definition) is 5. The zero-order valence-electron chi connectivity index (χ0n) is 9.95. The van der Waals surface area contributed by atoms with E-state index < -0.39 is 4.92 Å². The first-order chi connectivity index (χ1) is 8.63. The van der Waals surface area contributed by atoms with Crippen LogP contribution in [0.1, 0.15) is 0 Å². The van der Waals surface area contributed by atoms with Crippen LogP contribution in [0.2, 0.25) is 0 Å². The van der Waals surface area contributed by atoms with Crippen LogP contribution in [-0.4, -0.2) is 21.6 Å². The number of benzene rings is 1. The maximum atomic E-state index is 10.8. The summed E-state index contributed by atoms with van der Waals surface area (Å²) in [6.07, 6.45) is 1.38. The standard InChI is InChI=1S/C11H12N4O3/c1-14-7-12-10(15(16)17)11(14)13-8-5-3-4-6-9(8)18-2/h3-7,13H,1-2H3. The highest BCUT2D eigenvalue weighted by molar-refractivity contribution is 5.68. The Bertz CT molecular complexity index is 579. The Kier molecular flexibility index (Phi) is 3.13. The van der Waals surface area contributed by atoms with E-state index in [1.54, 1.807) is 23.7 Å². The van der Waals surface area contributed by atoms with Crippen molar-refractivity contribution in [1.82, 2.24) is 9.55 Å². The fourth-order valence-corrected chi connectivity index (χ4v) is 1.57. The summed E-state index contributed by atoms with van der Waals surface area (Å²) >= 11 is 0. The van der Waals surface area contributed by atoms with E-state index in [-0.39, 0.29) is 5.82 Å². The Balaban J connectivity index is 2.39. The molecular weight excluding hydrogens is 236 g/mol. The highest BCUT2D eigenvalue weighted by atomic mass is 16.6. The lowest BCUT2D eigenvalue weighted by atomic mass is 10.3. The molecule has 0 unspecified atom stereocenters. The number of hydrogen-bond donors (Lipinski definition) is 1. The smallest absolute Gasteiger partial charge is 0.406 e. The van der Waals surface area contributed by atoms with Crippen molar-refractivity contribution < 1.29 is 9.66 Å². The molecule has 1 aromatic carbocycles. The summed E-state index contributed by atoms with van der Waals surface area (Å²) in [6, 6.07) is 7.18. The molecule has 0 saturated heterocycles. The Morgan fingerprint density at radius 3 is 2.83 bits per heavy atom. The molecule has 1 heterocycles. The second kappa shape index (κ2) is 4.74. The van der Waals surface area contributed by atoms with E-state index in [9.17, 15) is 10.1 Å². The van der Waals surface area contributed by atoms with Crippen LogP contribution in [0.15, 0.2) is 30.6 Å². The molecule has 0 bridgehead atoms. The van der Waals surface area contributed by atoms with Crippen molar-refractivity contribution in [3.05, 3.63) is 40.7 Å². The molecule has 18 heavy (non-hydrogen) atoms. The molecule has 0 radical (unpaired) electrons. The first-order valence-corrected chi connectivity index (χ1v) is 5.19. The fourth-order valence-electron chi connectivity index (χ4n) is 1.57. The number of aryl methyl sites for hydroxylation is 1. The van der Waals surface area contributed by atoms with Gasteiger partial charge < -0.3 is 20.2 Å². The molecule has 0 spiro atoms. The molecule has 0 atom stereocenters. The average Bonchev–Trinajstić information content (AvgIpc) is 2.72. The van der Waals surface area contributed by atoms with Gasteiger partial charge in [-0.05, 0) is 22.0 Å². The van der Waals surface area contributed by atoms with E-state index >= 15 is 0 Å². The van der Waals surface area contributed by atoms with Crippen molar-refractivity contribution in [2.24, 2.45) is 7.05 Å². The SMILES string of the molecule is COc1ccccc1Nc1c([N+](=O)[O-])ncn1C. The molecule has 7 heteroatoms. The Morgan fingerprint density at radius 1 is 1.44 bits per heavy atom. The molecule has 0 aliphatic rings. The van der Waals surface area contributed by atoms with Crippen LogP contribution in [0.5, 0.6) is 5.75 Å². The van der Waals surface area contributed by atoms with Crippen LogP contribution >= 0.6 is 0 Å². The van der Waals surface area contributed by atoms with Gasteiger partial charge in [0.2, 0.25) is 12.1 Å². The van der Waals surface area contributed by atoms with Gasteiger partial charge >= 0.3 is 5.82 Å². The number of imidazole rings is 1. The summed E-state index contributed by atoms with van der Waals surface area (Å²) in [4.78, 5) is 14.0. The lowest BCUT2D eigenvalue weighted by Gasteiger charge is -2.10. The second-order valence-electron chi connectivity index (χ2n) is 3.61. The second-order valence-corrected chi connectivity index (χ2v) is 3.61. The molecule has 94 valence electrons. The molecule has 0 fully saturated rings. The van der Waals surface area contributed by atoms with Crippen LogP contribution in [0.25, 0.3) is 0 Å². The monoisotopic (exact) mass is 248 g/mol. The molecule has 0 amide bonds. The van der Waals surface area contributed by atoms with Crippen LogP contribution in [-0.2, 0) is 7.05 Å². The Labute approximate surface area is 103 Å². The number of methoxy groups -OCH3 is 1. The Morgan fingerprint density at radius 2 is 2.17 bits per heavy atom. The molecule has 1 aromatic heterocycles. The quantitative estimate of drug-likeness (QED) is 0.661.